The molecule has 0 bridgehead atoms. The van der Waals surface area contributed by atoms with Gasteiger partial charge < -0.3 is 23.7 Å². The minimum Gasteiger partial charge on any atom is -0.498 e. The summed E-state index contributed by atoms with van der Waals surface area (Å²) in [5, 5.41) is 0. The molecule has 0 spiro atoms. The van der Waals surface area contributed by atoms with Gasteiger partial charge in [-0.2, -0.15) is 0 Å². The van der Waals surface area contributed by atoms with Crippen molar-refractivity contribution in [1.29, 1.82) is 0 Å². The van der Waals surface area contributed by atoms with Gasteiger partial charge in [0, 0.05) is 13.7 Å². The highest BCUT2D eigenvalue weighted by molar-refractivity contribution is 5.70. The molecule has 1 aromatic carbocycles. The van der Waals surface area contributed by atoms with Crippen LogP contribution in [0.15, 0.2) is 36.8 Å². The van der Waals surface area contributed by atoms with Gasteiger partial charge in [0.2, 0.25) is 0 Å². The van der Waals surface area contributed by atoms with Crippen LogP contribution in [-0.2, 0) is 23.7 Å². The summed E-state index contributed by atoms with van der Waals surface area (Å²) in [5.41, 5.74) is 4.39. The predicted octanol–water partition coefficient (Wildman–Crippen LogP) is 4.92. The van der Waals surface area contributed by atoms with Crippen molar-refractivity contribution in [2.45, 2.75) is 33.6 Å². The molecule has 158 valence electrons. The molecule has 1 rings (SSSR count). The average molecular weight is 393 g/mol. The van der Waals surface area contributed by atoms with E-state index in [4.69, 9.17) is 23.7 Å². The Morgan fingerprint density at radius 1 is 0.786 bits per heavy atom. The summed E-state index contributed by atoms with van der Waals surface area (Å²) < 4.78 is 27.0. The highest BCUT2D eigenvalue weighted by atomic mass is 16.5. The number of hydrogen-bond donors (Lipinski definition) is 0. The van der Waals surface area contributed by atoms with Gasteiger partial charge in [0.25, 0.3) is 0 Å². The van der Waals surface area contributed by atoms with Gasteiger partial charge in [-0.25, -0.2) is 0 Å². The molecule has 0 heterocycles. The molecule has 0 N–H and O–H groups in total. The lowest BCUT2D eigenvalue weighted by Crippen LogP contribution is -2.06. The summed E-state index contributed by atoms with van der Waals surface area (Å²) in [6.45, 7) is 10.5. The number of rotatable bonds is 16. The molecule has 0 aliphatic carbocycles. The summed E-state index contributed by atoms with van der Waals surface area (Å²) in [5.74, 6) is 0. The van der Waals surface area contributed by atoms with E-state index in [9.17, 15) is 0 Å². The minimum absolute atomic E-state index is 0.522. The molecule has 0 aliphatic heterocycles. The normalized spacial score (nSPS) is 12.3. The molecule has 0 saturated carbocycles. The second-order valence-corrected chi connectivity index (χ2v) is 6.50. The Morgan fingerprint density at radius 3 is 1.86 bits per heavy atom. The number of unbranched alkanes of at least 4 members (excludes halogenated alkanes) is 1. The number of allylic oxidation sites excluding steroid dienone is 2. The smallest absolute Gasteiger partial charge is 0.111 e. The third-order valence-electron chi connectivity index (χ3n) is 4.06. The SMILES string of the molecule is CCCCOCCOC=C(C)c1cccc(C(C)=COCCOCCOC)c1. The van der Waals surface area contributed by atoms with E-state index in [1.807, 2.05) is 19.9 Å². The first kappa shape index (κ1) is 24.2. The zero-order valence-electron chi connectivity index (χ0n) is 17.9. The van der Waals surface area contributed by atoms with E-state index in [2.05, 4.69) is 25.1 Å². The van der Waals surface area contributed by atoms with Gasteiger partial charge in [-0.05, 0) is 48.6 Å². The highest BCUT2D eigenvalue weighted by Gasteiger charge is 2.01. The van der Waals surface area contributed by atoms with Gasteiger partial charge in [0.05, 0.1) is 39.0 Å². The van der Waals surface area contributed by atoms with Crippen LogP contribution >= 0.6 is 0 Å². The zero-order valence-corrected chi connectivity index (χ0v) is 17.9. The van der Waals surface area contributed by atoms with Gasteiger partial charge in [0.1, 0.15) is 13.2 Å². The summed E-state index contributed by atoms with van der Waals surface area (Å²) >= 11 is 0. The van der Waals surface area contributed by atoms with Crippen LogP contribution in [0.2, 0.25) is 0 Å². The van der Waals surface area contributed by atoms with Crippen molar-refractivity contribution in [2.75, 3.05) is 53.4 Å². The van der Waals surface area contributed by atoms with Crippen LogP contribution in [0, 0.1) is 0 Å². The molecule has 0 atom stereocenters. The van der Waals surface area contributed by atoms with Gasteiger partial charge in [-0.1, -0.05) is 31.5 Å². The summed E-state index contributed by atoms with van der Waals surface area (Å²) in [6, 6.07) is 8.33. The quantitative estimate of drug-likeness (QED) is 0.295. The third-order valence-corrected chi connectivity index (χ3v) is 4.06. The van der Waals surface area contributed by atoms with E-state index in [-0.39, 0.29) is 0 Å². The van der Waals surface area contributed by atoms with E-state index in [1.165, 1.54) is 0 Å². The monoisotopic (exact) mass is 392 g/mol. The number of methoxy groups -OCH3 is 1. The van der Waals surface area contributed by atoms with E-state index >= 15 is 0 Å². The number of ether oxygens (including phenoxy) is 5. The van der Waals surface area contributed by atoms with Crippen molar-refractivity contribution >= 4 is 11.1 Å². The van der Waals surface area contributed by atoms with E-state index in [0.717, 1.165) is 41.7 Å². The summed E-state index contributed by atoms with van der Waals surface area (Å²) in [7, 11) is 1.66. The van der Waals surface area contributed by atoms with Crippen molar-refractivity contribution in [1.82, 2.24) is 0 Å². The first-order chi connectivity index (χ1) is 13.7. The highest BCUT2D eigenvalue weighted by Crippen LogP contribution is 2.20. The van der Waals surface area contributed by atoms with Crippen LogP contribution < -0.4 is 0 Å². The van der Waals surface area contributed by atoms with Crippen molar-refractivity contribution < 1.29 is 23.7 Å². The van der Waals surface area contributed by atoms with E-state index in [0.29, 0.717) is 39.6 Å². The largest absolute Gasteiger partial charge is 0.498 e. The van der Waals surface area contributed by atoms with Gasteiger partial charge in [-0.3, -0.25) is 0 Å². The molecular formula is C23H36O5. The lowest BCUT2D eigenvalue weighted by atomic mass is 10.0. The summed E-state index contributed by atoms with van der Waals surface area (Å²) in [4.78, 5) is 0. The molecule has 5 heteroatoms. The van der Waals surface area contributed by atoms with E-state index < -0.39 is 0 Å². The standard InChI is InChI=1S/C23H36O5/c1-5-6-10-25-13-15-27-18-20(2)22-8-7-9-23(17-22)21(3)19-28-16-14-26-12-11-24-4/h7-9,17-19H,5-6,10-16H2,1-4H3. The van der Waals surface area contributed by atoms with Gasteiger partial charge in [0.15, 0.2) is 0 Å². The number of hydrogen-bond acceptors (Lipinski definition) is 5. The van der Waals surface area contributed by atoms with Crippen molar-refractivity contribution in [3.05, 3.63) is 47.9 Å². The summed E-state index contributed by atoms with van der Waals surface area (Å²) in [6.07, 6.45) is 5.83. The Morgan fingerprint density at radius 2 is 1.32 bits per heavy atom. The Hall–Kier alpha value is -1.82. The van der Waals surface area contributed by atoms with Crippen LogP contribution in [0.4, 0.5) is 0 Å². The third kappa shape index (κ3) is 11.1. The molecule has 1 aromatic rings. The minimum atomic E-state index is 0.522. The van der Waals surface area contributed by atoms with Crippen LogP contribution in [-0.4, -0.2) is 53.4 Å². The van der Waals surface area contributed by atoms with E-state index in [1.54, 1.807) is 19.6 Å². The molecule has 5 nitrogen and oxygen atoms in total. The number of benzene rings is 1. The predicted molar refractivity (Wildman–Crippen MR) is 114 cm³/mol. The first-order valence-electron chi connectivity index (χ1n) is 10.0. The van der Waals surface area contributed by atoms with Crippen LogP contribution in [0.25, 0.3) is 11.1 Å². The Kier molecular flexibility index (Phi) is 14.0. The zero-order chi connectivity index (χ0) is 20.5. The Bertz CT molecular complexity index is 533. The average Bonchev–Trinajstić information content (AvgIpc) is 2.72. The lowest BCUT2D eigenvalue weighted by Gasteiger charge is -2.08. The van der Waals surface area contributed by atoms with Crippen LogP contribution in [0.3, 0.4) is 0 Å². The maximum absolute atomic E-state index is 5.60. The molecule has 0 aliphatic rings. The van der Waals surface area contributed by atoms with Gasteiger partial charge in [-0.15, -0.1) is 0 Å². The molecule has 0 saturated heterocycles. The fourth-order valence-electron chi connectivity index (χ4n) is 2.32. The molecule has 0 unspecified atom stereocenters. The molecule has 0 fully saturated rings. The lowest BCUT2D eigenvalue weighted by molar-refractivity contribution is 0.0465. The molecule has 0 amide bonds. The van der Waals surface area contributed by atoms with Gasteiger partial charge >= 0.3 is 0 Å². The maximum atomic E-state index is 5.60. The van der Waals surface area contributed by atoms with Crippen molar-refractivity contribution in [3.8, 4) is 0 Å². The van der Waals surface area contributed by atoms with Crippen molar-refractivity contribution in [2.24, 2.45) is 0 Å². The Balaban J connectivity index is 2.42. The molecule has 28 heavy (non-hydrogen) atoms. The first-order valence-corrected chi connectivity index (χ1v) is 10.0. The fraction of sp³-hybridized carbons (Fsp3) is 0.565. The second-order valence-electron chi connectivity index (χ2n) is 6.50. The van der Waals surface area contributed by atoms with Crippen molar-refractivity contribution in [3.63, 3.8) is 0 Å². The molecule has 0 radical (unpaired) electrons. The second kappa shape index (κ2) is 16.2. The maximum Gasteiger partial charge on any atom is 0.111 e. The topological polar surface area (TPSA) is 46.2 Å². The molecule has 0 aromatic heterocycles. The van der Waals surface area contributed by atoms with Crippen LogP contribution in [0.5, 0.6) is 0 Å². The fourth-order valence-corrected chi connectivity index (χ4v) is 2.32. The molecular weight excluding hydrogens is 356 g/mol. The van der Waals surface area contributed by atoms with Crippen LogP contribution in [0.1, 0.15) is 44.7 Å². The Labute approximate surface area is 170 Å².